The molecule has 0 bridgehead atoms. The summed E-state index contributed by atoms with van der Waals surface area (Å²) in [6.07, 6.45) is 11.3. The van der Waals surface area contributed by atoms with Crippen molar-refractivity contribution in [2.24, 2.45) is 5.73 Å². The average molecular weight is 228 g/mol. The number of halogens is 1. The molecule has 0 radical (unpaired) electrons. The first kappa shape index (κ1) is 11.9. The zero-order valence-corrected chi connectivity index (χ0v) is 9.13. The zero-order valence-electron chi connectivity index (χ0n) is 8.31. The Morgan fingerprint density at radius 3 is 2.73 bits per heavy atom. The molecule has 0 aromatic rings. The SMILES string of the molecule is Cl.NCC1=C(C2=CC=CCC2)OC=CO1. The maximum absolute atomic E-state index is 5.56. The number of hydrogen-bond donors (Lipinski definition) is 1. The second-order valence-electron chi connectivity index (χ2n) is 3.12. The lowest BCUT2D eigenvalue weighted by Gasteiger charge is -2.19. The van der Waals surface area contributed by atoms with E-state index in [0.717, 1.165) is 24.2 Å². The number of nitrogens with two attached hydrogens (primary N) is 1. The van der Waals surface area contributed by atoms with Crippen molar-refractivity contribution in [1.29, 1.82) is 0 Å². The molecule has 1 aliphatic carbocycles. The molecule has 0 spiro atoms. The van der Waals surface area contributed by atoms with Gasteiger partial charge in [-0.3, -0.25) is 0 Å². The quantitative estimate of drug-likeness (QED) is 0.788. The van der Waals surface area contributed by atoms with Crippen LogP contribution in [0, 0.1) is 0 Å². The van der Waals surface area contributed by atoms with Gasteiger partial charge in [-0.25, -0.2) is 0 Å². The van der Waals surface area contributed by atoms with E-state index in [9.17, 15) is 0 Å². The molecule has 15 heavy (non-hydrogen) atoms. The van der Waals surface area contributed by atoms with Crippen LogP contribution >= 0.6 is 12.4 Å². The summed E-state index contributed by atoms with van der Waals surface area (Å²) in [5.41, 5.74) is 6.71. The van der Waals surface area contributed by atoms with Crippen molar-refractivity contribution in [2.75, 3.05) is 6.54 Å². The normalized spacial score (nSPS) is 18.9. The van der Waals surface area contributed by atoms with Crippen molar-refractivity contribution in [2.45, 2.75) is 12.8 Å². The standard InChI is InChI=1S/C11H13NO2.ClH/c12-8-10-11(14-7-6-13-10)9-4-2-1-3-5-9;/h1-2,4,6-7H,3,5,8,12H2;1H. The van der Waals surface area contributed by atoms with Crippen LogP contribution in [0.15, 0.2) is 47.8 Å². The van der Waals surface area contributed by atoms with E-state index < -0.39 is 0 Å². The summed E-state index contributed by atoms with van der Waals surface area (Å²) in [7, 11) is 0. The minimum absolute atomic E-state index is 0. The Morgan fingerprint density at radius 1 is 1.27 bits per heavy atom. The minimum Gasteiger partial charge on any atom is -0.461 e. The first-order chi connectivity index (χ1) is 6.92. The van der Waals surface area contributed by atoms with Gasteiger partial charge in [0.25, 0.3) is 0 Å². The Hall–Kier alpha value is -1.19. The van der Waals surface area contributed by atoms with Crippen molar-refractivity contribution in [3.63, 3.8) is 0 Å². The predicted molar refractivity (Wildman–Crippen MR) is 61.1 cm³/mol. The number of allylic oxidation sites excluding steroid dienone is 4. The Bertz CT molecular complexity index is 340. The number of ether oxygens (including phenoxy) is 2. The van der Waals surface area contributed by atoms with Crippen molar-refractivity contribution < 1.29 is 9.47 Å². The van der Waals surface area contributed by atoms with Crippen molar-refractivity contribution in [3.8, 4) is 0 Å². The third-order valence-corrected chi connectivity index (χ3v) is 2.20. The van der Waals surface area contributed by atoms with Gasteiger partial charge in [-0.2, -0.15) is 0 Å². The van der Waals surface area contributed by atoms with E-state index in [1.54, 1.807) is 0 Å². The lowest BCUT2D eigenvalue weighted by molar-refractivity contribution is 0.229. The second-order valence-corrected chi connectivity index (χ2v) is 3.12. The number of rotatable bonds is 2. The smallest absolute Gasteiger partial charge is 0.169 e. The summed E-state index contributed by atoms with van der Waals surface area (Å²) in [5, 5.41) is 0. The van der Waals surface area contributed by atoms with Crippen LogP contribution in [-0.4, -0.2) is 6.54 Å². The first-order valence-corrected chi connectivity index (χ1v) is 4.69. The van der Waals surface area contributed by atoms with Gasteiger partial charge in [0.05, 0.1) is 6.54 Å². The van der Waals surface area contributed by atoms with Gasteiger partial charge >= 0.3 is 0 Å². The highest BCUT2D eigenvalue weighted by molar-refractivity contribution is 5.85. The van der Waals surface area contributed by atoms with E-state index in [4.69, 9.17) is 15.2 Å². The summed E-state index contributed by atoms with van der Waals surface area (Å²) in [5.74, 6) is 1.48. The molecule has 0 saturated heterocycles. The molecule has 2 aliphatic rings. The third kappa shape index (κ3) is 2.64. The fraction of sp³-hybridized carbons (Fsp3) is 0.273. The minimum atomic E-state index is 0. The van der Waals surface area contributed by atoms with Crippen LogP contribution < -0.4 is 5.73 Å². The molecular formula is C11H14ClNO2. The molecule has 0 aromatic heterocycles. The molecule has 0 fully saturated rings. The largest absolute Gasteiger partial charge is 0.461 e. The van der Waals surface area contributed by atoms with Crippen LogP contribution in [0.1, 0.15) is 12.8 Å². The van der Waals surface area contributed by atoms with Crippen LogP contribution in [0.3, 0.4) is 0 Å². The third-order valence-electron chi connectivity index (χ3n) is 2.20. The Morgan fingerprint density at radius 2 is 2.07 bits per heavy atom. The molecule has 2 rings (SSSR count). The molecular weight excluding hydrogens is 214 g/mol. The molecule has 4 heteroatoms. The Balaban J connectivity index is 0.00000112. The van der Waals surface area contributed by atoms with E-state index in [1.165, 1.54) is 12.5 Å². The van der Waals surface area contributed by atoms with Gasteiger partial charge in [-0.15, -0.1) is 12.4 Å². The van der Waals surface area contributed by atoms with Crippen molar-refractivity contribution in [3.05, 3.63) is 47.8 Å². The summed E-state index contributed by atoms with van der Waals surface area (Å²) in [6.45, 7) is 0.362. The van der Waals surface area contributed by atoms with E-state index in [-0.39, 0.29) is 12.4 Å². The highest BCUT2D eigenvalue weighted by Crippen LogP contribution is 2.26. The van der Waals surface area contributed by atoms with Crippen molar-refractivity contribution in [1.82, 2.24) is 0 Å². The topological polar surface area (TPSA) is 44.5 Å². The van der Waals surface area contributed by atoms with Gasteiger partial charge in [0.15, 0.2) is 11.5 Å². The highest BCUT2D eigenvalue weighted by Gasteiger charge is 2.16. The molecule has 0 atom stereocenters. The van der Waals surface area contributed by atoms with Gasteiger partial charge in [0.2, 0.25) is 0 Å². The lowest BCUT2D eigenvalue weighted by atomic mass is 10.0. The summed E-state index contributed by atoms with van der Waals surface area (Å²) in [4.78, 5) is 0. The van der Waals surface area contributed by atoms with Gasteiger partial charge in [0, 0.05) is 0 Å². The number of hydrogen-bond acceptors (Lipinski definition) is 3. The average Bonchev–Trinajstić information content (AvgIpc) is 2.30. The molecule has 0 amide bonds. The van der Waals surface area contributed by atoms with Crippen LogP contribution in [0.5, 0.6) is 0 Å². The highest BCUT2D eigenvalue weighted by atomic mass is 35.5. The van der Waals surface area contributed by atoms with E-state index >= 15 is 0 Å². The van der Waals surface area contributed by atoms with E-state index in [1.807, 2.05) is 12.2 Å². The van der Waals surface area contributed by atoms with Gasteiger partial charge in [-0.1, -0.05) is 18.2 Å². The molecule has 1 heterocycles. The van der Waals surface area contributed by atoms with Crippen LogP contribution in [0.4, 0.5) is 0 Å². The van der Waals surface area contributed by atoms with Crippen molar-refractivity contribution >= 4 is 12.4 Å². The van der Waals surface area contributed by atoms with Crippen LogP contribution in [0.25, 0.3) is 0 Å². The summed E-state index contributed by atoms with van der Waals surface area (Å²) in [6, 6.07) is 0. The maximum Gasteiger partial charge on any atom is 0.169 e. The summed E-state index contributed by atoms with van der Waals surface area (Å²) >= 11 is 0. The lowest BCUT2D eigenvalue weighted by Crippen LogP contribution is -2.12. The second kappa shape index (κ2) is 5.63. The Labute approximate surface area is 95.3 Å². The molecule has 2 N–H and O–H groups in total. The fourth-order valence-electron chi connectivity index (χ4n) is 1.51. The van der Waals surface area contributed by atoms with Gasteiger partial charge < -0.3 is 15.2 Å². The molecule has 0 saturated carbocycles. The maximum atomic E-state index is 5.56. The van der Waals surface area contributed by atoms with E-state index in [0.29, 0.717) is 12.3 Å². The monoisotopic (exact) mass is 227 g/mol. The molecule has 82 valence electrons. The summed E-state index contributed by atoms with van der Waals surface area (Å²) < 4.78 is 10.7. The molecule has 3 nitrogen and oxygen atoms in total. The molecule has 1 aliphatic heterocycles. The molecule has 0 aromatic carbocycles. The fourth-order valence-corrected chi connectivity index (χ4v) is 1.51. The van der Waals surface area contributed by atoms with Gasteiger partial charge in [-0.05, 0) is 18.4 Å². The predicted octanol–water partition coefficient (Wildman–Crippen LogP) is 2.37. The van der Waals surface area contributed by atoms with Crippen LogP contribution in [-0.2, 0) is 9.47 Å². The molecule has 0 unspecified atom stereocenters. The van der Waals surface area contributed by atoms with Gasteiger partial charge in [0.1, 0.15) is 12.5 Å². The van der Waals surface area contributed by atoms with E-state index in [2.05, 4.69) is 6.08 Å². The first-order valence-electron chi connectivity index (χ1n) is 4.69. The zero-order chi connectivity index (χ0) is 9.80. The van der Waals surface area contributed by atoms with Crippen LogP contribution in [0.2, 0.25) is 0 Å². The Kier molecular flexibility index (Phi) is 4.46.